The van der Waals surface area contributed by atoms with Gasteiger partial charge in [0.2, 0.25) is 0 Å². The van der Waals surface area contributed by atoms with E-state index in [2.05, 4.69) is 48.6 Å². The van der Waals surface area contributed by atoms with Crippen LogP contribution >= 0.6 is 0 Å². The van der Waals surface area contributed by atoms with Crippen LogP contribution in [0.1, 0.15) is 44.0 Å². The first-order valence-electron chi connectivity index (χ1n) is 9.38. The molecule has 1 aliphatic rings. The maximum Gasteiger partial charge on any atom is 0.163 e. The highest BCUT2D eigenvalue weighted by atomic mass is 16.5. The van der Waals surface area contributed by atoms with Crippen LogP contribution in [0.15, 0.2) is 36.7 Å². The van der Waals surface area contributed by atoms with E-state index in [-0.39, 0.29) is 6.10 Å². The molecule has 1 aromatic carbocycles. The Hall–Kier alpha value is -2.69. The lowest BCUT2D eigenvalue weighted by Gasteiger charge is -2.35. The minimum atomic E-state index is 0.0685. The molecular weight excluding hydrogens is 338 g/mol. The highest BCUT2D eigenvalue weighted by molar-refractivity contribution is 5.86. The number of benzene rings is 1. The zero-order valence-corrected chi connectivity index (χ0v) is 17.2. The smallest absolute Gasteiger partial charge is 0.163 e. The molecule has 0 bridgehead atoms. The van der Waals surface area contributed by atoms with Crippen molar-refractivity contribution < 1.29 is 9.47 Å². The van der Waals surface area contributed by atoms with Crippen LogP contribution < -0.4 is 14.4 Å². The third-order valence-electron chi connectivity index (χ3n) is 4.99. The van der Waals surface area contributed by atoms with Gasteiger partial charge in [0, 0.05) is 30.1 Å². The Morgan fingerprint density at radius 2 is 2.00 bits per heavy atom. The van der Waals surface area contributed by atoms with Gasteiger partial charge < -0.3 is 14.4 Å². The first kappa shape index (κ1) is 19.1. The third-order valence-corrected chi connectivity index (χ3v) is 4.99. The summed E-state index contributed by atoms with van der Waals surface area (Å²) in [6.45, 7) is 12.5. The number of hydrogen-bond acceptors (Lipinski definition) is 4. The zero-order chi connectivity index (χ0) is 19.7. The number of ether oxygens (including phenoxy) is 2. The fraction of sp³-hybridized carbons (Fsp3) is 0.409. The molecule has 0 amide bonds. The number of fused-ring (bicyclic) bond motifs is 1. The minimum absolute atomic E-state index is 0.0685. The van der Waals surface area contributed by atoms with Crippen LogP contribution in [0, 0.1) is 6.92 Å². The highest BCUT2D eigenvalue weighted by Crippen LogP contribution is 2.44. The molecule has 0 aliphatic carbocycles. The Morgan fingerprint density at radius 3 is 2.56 bits per heavy atom. The monoisotopic (exact) mass is 367 g/mol. The number of hydrogen-bond donors (Lipinski definition) is 0. The van der Waals surface area contributed by atoms with Crippen LogP contribution in [0.2, 0.25) is 0 Å². The van der Waals surface area contributed by atoms with Crippen molar-refractivity contribution in [3.8, 4) is 11.5 Å². The normalized spacial score (nSPS) is 14.6. The number of anilines is 1. The van der Waals surface area contributed by atoms with Crippen LogP contribution in [0.4, 0.5) is 5.69 Å². The minimum Gasteiger partial charge on any atom is -0.493 e. The summed E-state index contributed by atoms with van der Waals surface area (Å²) in [5.74, 6) is 1.53. The molecule has 144 valence electrons. The molecule has 0 spiro atoms. The van der Waals surface area contributed by atoms with E-state index in [0.717, 1.165) is 52.7 Å². The summed E-state index contributed by atoms with van der Waals surface area (Å²) in [7, 11) is 3.65. The lowest BCUT2D eigenvalue weighted by atomic mass is 9.96. The zero-order valence-electron chi connectivity index (χ0n) is 17.2. The molecule has 0 atom stereocenters. The third kappa shape index (κ3) is 3.46. The Balaban J connectivity index is 2.15. The number of rotatable bonds is 5. The van der Waals surface area contributed by atoms with Crippen molar-refractivity contribution in [1.29, 1.82) is 0 Å². The highest BCUT2D eigenvalue weighted by Gasteiger charge is 2.27. The second-order valence-electron chi connectivity index (χ2n) is 7.14. The number of nitrogens with zero attached hydrogens (tertiary/aromatic N) is 3. The Kier molecular flexibility index (Phi) is 5.31. The summed E-state index contributed by atoms with van der Waals surface area (Å²) >= 11 is 0. The second kappa shape index (κ2) is 7.51. The SMILES string of the molecule is C=C1CCc2cc(OC)c(OC(C)C)cc2N1C(=CC)c1cnn(C)c1C. The number of allylic oxidation sites excluding steroid dienone is 2. The number of aromatic nitrogens is 2. The van der Waals surface area contributed by atoms with Gasteiger partial charge >= 0.3 is 0 Å². The molecule has 0 radical (unpaired) electrons. The van der Waals surface area contributed by atoms with E-state index in [0.29, 0.717) is 0 Å². The van der Waals surface area contributed by atoms with Crippen LogP contribution in [0.3, 0.4) is 0 Å². The van der Waals surface area contributed by atoms with Crippen molar-refractivity contribution in [3.05, 3.63) is 53.5 Å². The maximum atomic E-state index is 6.02. The predicted molar refractivity (Wildman–Crippen MR) is 110 cm³/mol. The fourth-order valence-corrected chi connectivity index (χ4v) is 3.52. The summed E-state index contributed by atoms with van der Waals surface area (Å²) in [6, 6.07) is 4.17. The van der Waals surface area contributed by atoms with E-state index in [1.165, 1.54) is 5.56 Å². The van der Waals surface area contributed by atoms with Gasteiger partial charge in [0.15, 0.2) is 11.5 Å². The Bertz CT molecular complexity index is 893. The van der Waals surface area contributed by atoms with Gasteiger partial charge in [0.05, 0.1) is 30.8 Å². The predicted octanol–water partition coefficient (Wildman–Crippen LogP) is 4.85. The van der Waals surface area contributed by atoms with E-state index < -0.39 is 0 Å². The van der Waals surface area contributed by atoms with Gasteiger partial charge in [-0.05, 0) is 52.2 Å². The van der Waals surface area contributed by atoms with E-state index in [4.69, 9.17) is 9.47 Å². The summed E-state index contributed by atoms with van der Waals surface area (Å²) in [4.78, 5) is 2.23. The van der Waals surface area contributed by atoms with Gasteiger partial charge in [0.1, 0.15) is 0 Å². The van der Waals surface area contributed by atoms with Gasteiger partial charge in [-0.3, -0.25) is 4.68 Å². The molecule has 1 aliphatic heterocycles. The second-order valence-corrected chi connectivity index (χ2v) is 7.14. The first-order chi connectivity index (χ1) is 12.9. The first-order valence-corrected chi connectivity index (χ1v) is 9.38. The maximum absolute atomic E-state index is 6.02. The van der Waals surface area contributed by atoms with Crippen molar-refractivity contribution >= 4 is 11.4 Å². The molecular formula is C22H29N3O2. The quantitative estimate of drug-likeness (QED) is 0.757. The van der Waals surface area contributed by atoms with Crippen LogP contribution in [-0.4, -0.2) is 23.0 Å². The van der Waals surface area contributed by atoms with Crippen LogP contribution in [-0.2, 0) is 13.5 Å². The van der Waals surface area contributed by atoms with E-state index in [9.17, 15) is 0 Å². The molecule has 2 aromatic rings. The topological polar surface area (TPSA) is 39.5 Å². The van der Waals surface area contributed by atoms with Crippen molar-refractivity contribution in [2.24, 2.45) is 7.05 Å². The van der Waals surface area contributed by atoms with Crippen LogP contribution in [0.5, 0.6) is 11.5 Å². The largest absolute Gasteiger partial charge is 0.493 e. The van der Waals surface area contributed by atoms with Gasteiger partial charge in [-0.1, -0.05) is 12.7 Å². The lowest BCUT2D eigenvalue weighted by Crippen LogP contribution is -2.26. The molecule has 0 N–H and O–H groups in total. The van der Waals surface area contributed by atoms with Crippen molar-refractivity contribution in [2.75, 3.05) is 12.0 Å². The molecule has 2 heterocycles. The summed E-state index contributed by atoms with van der Waals surface area (Å²) in [5.41, 5.74) is 6.72. The van der Waals surface area contributed by atoms with Crippen molar-refractivity contribution in [2.45, 2.75) is 46.6 Å². The Labute approximate surface area is 161 Å². The van der Waals surface area contributed by atoms with Gasteiger partial charge in [-0.25, -0.2) is 0 Å². The Morgan fingerprint density at radius 1 is 1.26 bits per heavy atom. The molecule has 5 nitrogen and oxygen atoms in total. The number of methoxy groups -OCH3 is 1. The van der Waals surface area contributed by atoms with E-state index >= 15 is 0 Å². The summed E-state index contributed by atoms with van der Waals surface area (Å²) < 4.78 is 13.5. The van der Waals surface area contributed by atoms with Gasteiger partial charge in [0.25, 0.3) is 0 Å². The van der Waals surface area contributed by atoms with Gasteiger partial charge in [-0.15, -0.1) is 0 Å². The average molecular weight is 367 g/mol. The fourth-order valence-electron chi connectivity index (χ4n) is 3.52. The molecule has 3 rings (SSSR count). The molecule has 1 aromatic heterocycles. The standard InChI is InChI=1S/C22H29N3O2/c1-8-19(18-13-23-24(6)16(18)5)25-15(4)9-10-17-11-21(26-7)22(12-20(17)25)27-14(2)3/h8,11-14H,4,9-10H2,1-3,5-7H3. The lowest BCUT2D eigenvalue weighted by molar-refractivity contribution is 0.230. The van der Waals surface area contributed by atoms with Crippen LogP contribution in [0.25, 0.3) is 5.70 Å². The molecule has 0 saturated carbocycles. The number of aryl methyl sites for hydroxylation is 2. The molecule has 0 saturated heterocycles. The van der Waals surface area contributed by atoms with Gasteiger partial charge in [-0.2, -0.15) is 5.10 Å². The summed E-state index contributed by atoms with van der Waals surface area (Å²) in [5, 5.41) is 4.42. The molecule has 0 fully saturated rings. The van der Waals surface area contributed by atoms with E-state index in [1.807, 2.05) is 31.8 Å². The van der Waals surface area contributed by atoms with Crippen molar-refractivity contribution in [1.82, 2.24) is 9.78 Å². The molecule has 27 heavy (non-hydrogen) atoms. The molecule has 5 heteroatoms. The molecule has 0 unspecified atom stereocenters. The van der Waals surface area contributed by atoms with E-state index in [1.54, 1.807) is 7.11 Å². The average Bonchev–Trinajstić information content (AvgIpc) is 2.96. The van der Waals surface area contributed by atoms with Crippen molar-refractivity contribution in [3.63, 3.8) is 0 Å². The summed E-state index contributed by atoms with van der Waals surface area (Å²) in [6.07, 6.45) is 5.95.